The zero-order valence-corrected chi connectivity index (χ0v) is 13.3. The fourth-order valence-electron chi connectivity index (χ4n) is 2.13. The maximum atomic E-state index is 9.25. The molecule has 2 N–H and O–H groups in total. The minimum atomic E-state index is 0.522. The van der Waals surface area contributed by atoms with E-state index in [0.29, 0.717) is 10.6 Å². The smallest absolute Gasteiger partial charge is 0.129 e. The van der Waals surface area contributed by atoms with Gasteiger partial charge in [0.1, 0.15) is 10.9 Å². The quantitative estimate of drug-likeness (QED) is 0.724. The van der Waals surface area contributed by atoms with Crippen molar-refractivity contribution in [2.24, 2.45) is 0 Å². The number of halogens is 1. The summed E-state index contributed by atoms with van der Waals surface area (Å²) in [6, 6.07) is 14.0. The van der Waals surface area contributed by atoms with Crippen LogP contribution in [0.5, 0.6) is 0 Å². The van der Waals surface area contributed by atoms with E-state index in [4.69, 9.17) is 5.73 Å². The monoisotopic (exact) mass is 355 g/mol. The average molecular weight is 356 g/mol. The molecular formula is C16H10BrN3S. The van der Waals surface area contributed by atoms with Gasteiger partial charge in [-0.3, -0.25) is 4.98 Å². The van der Waals surface area contributed by atoms with Crippen molar-refractivity contribution < 1.29 is 0 Å². The predicted octanol–water partition coefficient (Wildman–Crippen LogP) is 4.69. The summed E-state index contributed by atoms with van der Waals surface area (Å²) >= 11 is 4.84. The third-order valence-corrected chi connectivity index (χ3v) is 4.79. The Balaban J connectivity index is 2.26. The van der Waals surface area contributed by atoms with Crippen LogP contribution in [0.4, 0.5) is 5.69 Å². The molecule has 1 aromatic carbocycles. The second kappa shape index (κ2) is 5.68. The summed E-state index contributed by atoms with van der Waals surface area (Å²) in [6.07, 6.45) is 3.48. The van der Waals surface area contributed by atoms with E-state index in [2.05, 4.69) is 27.0 Å². The fraction of sp³-hybridized carbons (Fsp3) is 0. The van der Waals surface area contributed by atoms with E-state index in [1.807, 2.05) is 36.4 Å². The van der Waals surface area contributed by atoms with Crippen LogP contribution in [-0.4, -0.2) is 4.98 Å². The molecule has 5 heteroatoms. The van der Waals surface area contributed by atoms with Gasteiger partial charge in [-0.05, 0) is 23.8 Å². The third kappa shape index (κ3) is 2.56. The number of hydrogen-bond acceptors (Lipinski definition) is 4. The number of nitrogen functional groups attached to an aromatic ring is 1. The number of aromatic nitrogens is 1. The van der Waals surface area contributed by atoms with Crippen molar-refractivity contribution in [3.8, 4) is 27.6 Å². The van der Waals surface area contributed by atoms with Gasteiger partial charge in [0.15, 0.2) is 0 Å². The molecule has 2 heterocycles. The summed E-state index contributed by atoms with van der Waals surface area (Å²) < 4.78 is 1.01. The Labute approximate surface area is 134 Å². The lowest BCUT2D eigenvalue weighted by Gasteiger charge is -2.05. The first kappa shape index (κ1) is 13.8. The molecule has 0 bridgehead atoms. The Hall–Kier alpha value is -2.16. The number of pyridine rings is 1. The Bertz CT molecular complexity index is 817. The highest BCUT2D eigenvalue weighted by Crippen LogP contribution is 2.44. The molecule has 0 amide bonds. The van der Waals surface area contributed by atoms with Gasteiger partial charge in [0.25, 0.3) is 0 Å². The molecule has 0 spiro atoms. The molecule has 102 valence electrons. The molecule has 3 aromatic rings. The van der Waals surface area contributed by atoms with Crippen LogP contribution in [0.15, 0.2) is 53.3 Å². The second-order valence-corrected chi connectivity index (χ2v) is 6.35. The number of nitrogens with zero attached hydrogens (tertiary/aromatic N) is 2. The van der Waals surface area contributed by atoms with Crippen LogP contribution in [-0.2, 0) is 0 Å². The molecular weight excluding hydrogens is 346 g/mol. The average Bonchev–Trinajstić information content (AvgIpc) is 2.85. The minimum absolute atomic E-state index is 0.522. The number of nitrogens with two attached hydrogens (primary N) is 1. The van der Waals surface area contributed by atoms with E-state index in [0.717, 1.165) is 26.0 Å². The van der Waals surface area contributed by atoms with Crippen LogP contribution < -0.4 is 5.73 Å². The van der Waals surface area contributed by atoms with E-state index in [9.17, 15) is 5.26 Å². The Morgan fingerprint density at radius 3 is 2.52 bits per heavy atom. The van der Waals surface area contributed by atoms with Gasteiger partial charge in [0.2, 0.25) is 0 Å². The summed E-state index contributed by atoms with van der Waals surface area (Å²) in [5.41, 5.74) is 9.53. The zero-order chi connectivity index (χ0) is 14.8. The molecule has 0 radical (unpaired) electrons. The number of rotatable bonds is 2. The lowest BCUT2D eigenvalue weighted by molar-refractivity contribution is 1.33. The van der Waals surface area contributed by atoms with Crippen molar-refractivity contribution in [2.45, 2.75) is 0 Å². The van der Waals surface area contributed by atoms with Crippen molar-refractivity contribution in [1.29, 1.82) is 5.26 Å². The number of anilines is 1. The first-order valence-corrected chi connectivity index (χ1v) is 7.80. The maximum Gasteiger partial charge on any atom is 0.129 e. The van der Waals surface area contributed by atoms with Crippen molar-refractivity contribution in [2.75, 3.05) is 5.73 Å². The minimum Gasteiger partial charge on any atom is -0.396 e. The zero-order valence-electron chi connectivity index (χ0n) is 10.9. The lowest BCUT2D eigenvalue weighted by Crippen LogP contribution is -1.89. The van der Waals surface area contributed by atoms with E-state index < -0.39 is 0 Å². The van der Waals surface area contributed by atoms with Crippen LogP contribution >= 0.6 is 27.3 Å². The molecule has 0 aliphatic heterocycles. The Morgan fingerprint density at radius 1 is 1.14 bits per heavy atom. The van der Waals surface area contributed by atoms with Gasteiger partial charge in [-0.2, -0.15) is 5.26 Å². The van der Waals surface area contributed by atoms with Crippen molar-refractivity contribution in [1.82, 2.24) is 4.98 Å². The van der Waals surface area contributed by atoms with Gasteiger partial charge in [0, 0.05) is 32.9 Å². The topological polar surface area (TPSA) is 62.7 Å². The first-order chi connectivity index (χ1) is 10.2. The summed E-state index contributed by atoms with van der Waals surface area (Å²) in [7, 11) is 0. The van der Waals surface area contributed by atoms with Gasteiger partial charge in [-0.25, -0.2) is 0 Å². The largest absolute Gasteiger partial charge is 0.396 e. The molecule has 0 fully saturated rings. The number of thiophene rings is 1. The Morgan fingerprint density at radius 2 is 1.90 bits per heavy atom. The summed E-state index contributed by atoms with van der Waals surface area (Å²) in [5, 5.41) is 9.25. The number of benzene rings is 1. The van der Waals surface area contributed by atoms with Crippen LogP contribution in [0.25, 0.3) is 21.6 Å². The van der Waals surface area contributed by atoms with Gasteiger partial charge >= 0.3 is 0 Å². The van der Waals surface area contributed by atoms with Crippen LogP contribution in [0.2, 0.25) is 0 Å². The van der Waals surface area contributed by atoms with E-state index in [1.165, 1.54) is 11.3 Å². The second-order valence-electron chi connectivity index (χ2n) is 4.41. The normalized spacial score (nSPS) is 10.3. The molecule has 3 rings (SSSR count). The van der Waals surface area contributed by atoms with Gasteiger partial charge in [-0.1, -0.05) is 34.1 Å². The molecule has 0 saturated heterocycles. The standard InChI is InChI=1S/C16H10BrN3S/c17-12-5-3-10(4-6-12)16-14(11-2-1-7-20-9-11)15(19)13(8-18)21-16/h1-7,9H,19H2. The van der Waals surface area contributed by atoms with Gasteiger partial charge < -0.3 is 5.73 Å². The summed E-state index contributed by atoms with van der Waals surface area (Å²) in [4.78, 5) is 5.67. The SMILES string of the molecule is N#Cc1sc(-c2ccc(Br)cc2)c(-c2cccnc2)c1N. The Kier molecular flexibility index (Phi) is 3.74. The summed E-state index contributed by atoms with van der Waals surface area (Å²) in [5.74, 6) is 0. The molecule has 0 aliphatic rings. The summed E-state index contributed by atoms with van der Waals surface area (Å²) in [6.45, 7) is 0. The van der Waals surface area contributed by atoms with Crippen molar-refractivity contribution in [3.63, 3.8) is 0 Å². The van der Waals surface area contributed by atoms with E-state index in [-0.39, 0.29) is 0 Å². The van der Waals surface area contributed by atoms with E-state index >= 15 is 0 Å². The maximum absolute atomic E-state index is 9.25. The molecule has 0 saturated carbocycles. The van der Waals surface area contributed by atoms with Crippen LogP contribution in [0.1, 0.15) is 4.88 Å². The highest BCUT2D eigenvalue weighted by molar-refractivity contribution is 9.10. The lowest BCUT2D eigenvalue weighted by atomic mass is 10.0. The van der Waals surface area contributed by atoms with Crippen LogP contribution in [0.3, 0.4) is 0 Å². The van der Waals surface area contributed by atoms with Crippen molar-refractivity contribution >= 4 is 33.0 Å². The molecule has 3 nitrogen and oxygen atoms in total. The highest BCUT2D eigenvalue weighted by atomic mass is 79.9. The molecule has 0 aliphatic carbocycles. The van der Waals surface area contributed by atoms with Crippen molar-refractivity contribution in [3.05, 3.63) is 58.1 Å². The van der Waals surface area contributed by atoms with Gasteiger partial charge in [-0.15, -0.1) is 11.3 Å². The third-order valence-electron chi connectivity index (χ3n) is 3.10. The first-order valence-electron chi connectivity index (χ1n) is 6.19. The molecule has 0 unspecified atom stereocenters. The predicted molar refractivity (Wildman–Crippen MR) is 89.8 cm³/mol. The van der Waals surface area contributed by atoms with Crippen LogP contribution in [0, 0.1) is 11.3 Å². The molecule has 21 heavy (non-hydrogen) atoms. The molecule has 0 atom stereocenters. The van der Waals surface area contributed by atoms with Gasteiger partial charge in [0.05, 0.1) is 5.69 Å². The fourth-order valence-corrected chi connectivity index (χ4v) is 3.44. The molecule has 2 aromatic heterocycles. The van der Waals surface area contributed by atoms with E-state index in [1.54, 1.807) is 12.4 Å². The number of nitriles is 1. The number of hydrogen-bond donors (Lipinski definition) is 1. The highest BCUT2D eigenvalue weighted by Gasteiger charge is 2.18.